The lowest BCUT2D eigenvalue weighted by atomic mass is 10.1. The van der Waals surface area contributed by atoms with Gasteiger partial charge < -0.3 is 9.47 Å². The van der Waals surface area contributed by atoms with Gasteiger partial charge in [0.25, 0.3) is 15.9 Å². The molecule has 0 atom stereocenters. The van der Waals surface area contributed by atoms with Crippen molar-refractivity contribution in [2.24, 2.45) is 0 Å². The van der Waals surface area contributed by atoms with Crippen LogP contribution in [-0.4, -0.2) is 39.3 Å². The third-order valence-corrected chi connectivity index (χ3v) is 6.10. The molecule has 11 heteroatoms. The third kappa shape index (κ3) is 5.98. The summed E-state index contributed by atoms with van der Waals surface area (Å²) in [6.45, 7) is 0. The van der Waals surface area contributed by atoms with Gasteiger partial charge in [-0.15, -0.1) is 4.83 Å². The second-order valence-electron chi connectivity index (χ2n) is 6.75. The van der Waals surface area contributed by atoms with Crippen molar-refractivity contribution < 1.29 is 27.5 Å². The number of hydrazine groups is 1. The lowest BCUT2D eigenvalue weighted by molar-refractivity contribution is 0.0944. The highest BCUT2D eigenvalue weighted by Crippen LogP contribution is 2.32. The van der Waals surface area contributed by atoms with Crippen LogP contribution in [0.1, 0.15) is 26.3 Å². The third-order valence-electron chi connectivity index (χ3n) is 4.58. The van der Waals surface area contributed by atoms with Gasteiger partial charge in [-0.25, -0.2) is 8.42 Å². The van der Waals surface area contributed by atoms with Crippen molar-refractivity contribution in [2.45, 2.75) is 4.90 Å². The minimum Gasteiger partial charge on any atom is -0.496 e. The van der Waals surface area contributed by atoms with Crippen LogP contribution in [-0.2, 0) is 10.0 Å². The first-order chi connectivity index (χ1) is 16.2. The Bertz CT molecular complexity index is 1330. The summed E-state index contributed by atoms with van der Waals surface area (Å²) in [5.74, 6) is -1.17. The number of amides is 1. The molecule has 176 valence electrons. The van der Waals surface area contributed by atoms with Crippen LogP contribution in [0.5, 0.6) is 11.5 Å². The van der Waals surface area contributed by atoms with E-state index >= 15 is 0 Å². The van der Waals surface area contributed by atoms with Crippen LogP contribution >= 0.6 is 11.6 Å². The van der Waals surface area contributed by atoms with Crippen molar-refractivity contribution in [1.29, 1.82) is 0 Å². The predicted molar refractivity (Wildman–Crippen MR) is 126 cm³/mol. The Morgan fingerprint density at radius 1 is 0.971 bits per heavy atom. The number of nitrogens with zero attached hydrogens (tertiary/aromatic N) is 1. The first-order valence-corrected chi connectivity index (χ1v) is 11.6. The van der Waals surface area contributed by atoms with Gasteiger partial charge in [0.1, 0.15) is 16.4 Å². The Morgan fingerprint density at radius 3 is 2.24 bits per heavy atom. The van der Waals surface area contributed by atoms with E-state index in [1.54, 1.807) is 30.3 Å². The summed E-state index contributed by atoms with van der Waals surface area (Å²) in [7, 11) is -1.72. The van der Waals surface area contributed by atoms with Crippen molar-refractivity contribution in [1.82, 2.24) is 15.2 Å². The number of aromatic nitrogens is 1. The van der Waals surface area contributed by atoms with Crippen molar-refractivity contribution in [2.75, 3.05) is 14.2 Å². The molecule has 3 rings (SSSR count). The van der Waals surface area contributed by atoms with E-state index in [1.807, 2.05) is 4.83 Å². The van der Waals surface area contributed by atoms with Gasteiger partial charge in [0.2, 0.25) is 0 Å². The summed E-state index contributed by atoms with van der Waals surface area (Å²) in [5.41, 5.74) is 3.01. The average Bonchev–Trinajstić information content (AvgIpc) is 2.86. The summed E-state index contributed by atoms with van der Waals surface area (Å²) in [4.78, 5) is 30.5. The molecule has 0 aliphatic carbocycles. The molecule has 1 heterocycles. The Labute approximate surface area is 201 Å². The molecule has 0 aliphatic rings. The number of nitrogens with one attached hydrogen (secondary N) is 2. The first-order valence-electron chi connectivity index (χ1n) is 9.71. The Morgan fingerprint density at radius 2 is 1.62 bits per heavy atom. The second-order valence-corrected chi connectivity index (χ2v) is 8.84. The van der Waals surface area contributed by atoms with Crippen LogP contribution in [0.2, 0.25) is 5.02 Å². The highest BCUT2D eigenvalue weighted by molar-refractivity contribution is 7.89. The number of carbonyl (C=O) groups excluding carboxylic acids is 2. The number of hydrogen-bond acceptors (Lipinski definition) is 7. The van der Waals surface area contributed by atoms with Gasteiger partial charge in [-0.1, -0.05) is 29.8 Å². The maximum atomic E-state index is 12.9. The highest BCUT2D eigenvalue weighted by atomic mass is 35.5. The number of carbonyl (C=O) groups is 2. The normalized spacial score (nSPS) is 11.3. The highest BCUT2D eigenvalue weighted by Gasteiger charge is 2.25. The summed E-state index contributed by atoms with van der Waals surface area (Å²) in [6.07, 6.45) is 5.63. The molecular weight excluding hydrogens is 482 g/mol. The van der Waals surface area contributed by atoms with Crippen molar-refractivity contribution >= 4 is 39.4 Å². The van der Waals surface area contributed by atoms with E-state index in [2.05, 4.69) is 10.4 Å². The van der Waals surface area contributed by atoms with Crippen LogP contribution in [0.25, 0.3) is 6.08 Å². The average molecular weight is 502 g/mol. The molecule has 3 aromatic rings. The Hall–Kier alpha value is -3.73. The van der Waals surface area contributed by atoms with E-state index < -0.39 is 21.7 Å². The number of hydrogen-bond donors (Lipinski definition) is 2. The molecule has 2 aromatic carbocycles. The number of benzene rings is 2. The van der Waals surface area contributed by atoms with Crippen molar-refractivity contribution in [3.63, 3.8) is 0 Å². The zero-order valence-electron chi connectivity index (χ0n) is 18.1. The molecule has 0 aliphatic heterocycles. The molecule has 0 bridgehead atoms. The SMILES string of the molecule is COc1cc(OC)c(S(=O)(=O)NNC(=O)c2ccncc2)cc1C(=O)/C=C/c1ccc(Cl)cc1. The van der Waals surface area contributed by atoms with Crippen LogP contribution < -0.4 is 19.7 Å². The Balaban J connectivity index is 1.90. The van der Waals surface area contributed by atoms with Crippen molar-refractivity contribution in [3.05, 3.63) is 88.7 Å². The molecule has 9 nitrogen and oxygen atoms in total. The molecule has 1 aromatic heterocycles. The molecular formula is C23H20ClN3O6S. The number of rotatable bonds is 9. The fourth-order valence-corrected chi connectivity index (χ4v) is 3.99. The van der Waals surface area contributed by atoms with E-state index in [1.165, 1.54) is 50.9 Å². The summed E-state index contributed by atoms with van der Waals surface area (Å²) < 4.78 is 36.3. The van der Waals surface area contributed by atoms with Crippen LogP contribution in [0.4, 0.5) is 0 Å². The van der Waals surface area contributed by atoms with Gasteiger partial charge in [-0.3, -0.25) is 20.0 Å². The topological polar surface area (TPSA) is 124 Å². The number of ketones is 1. The largest absolute Gasteiger partial charge is 0.496 e. The van der Waals surface area contributed by atoms with Crippen LogP contribution in [0.15, 0.2) is 71.9 Å². The molecule has 0 unspecified atom stereocenters. The van der Waals surface area contributed by atoms with Gasteiger partial charge >= 0.3 is 0 Å². The fourth-order valence-electron chi connectivity index (χ4n) is 2.85. The van der Waals surface area contributed by atoms with Gasteiger partial charge in [0.15, 0.2) is 5.78 Å². The molecule has 0 saturated heterocycles. The quantitative estimate of drug-likeness (QED) is 0.262. The van der Waals surface area contributed by atoms with E-state index in [0.29, 0.717) is 5.02 Å². The van der Waals surface area contributed by atoms with Gasteiger partial charge in [-0.05, 0) is 42.0 Å². The van der Waals surface area contributed by atoms with Crippen LogP contribution in [0, 0.1) is 0 Å². The van der Waals surface area contributed by atoms with E-state index in [0.717, 1.165) is 11.6 Å². The molecule has 0 saturated carbocycles. The maximum absolute atomic E-state index is 12.9. The molecule has 2 N–H and O–H groups in total. The monoisotopic (exact) mass is 501 g/mol. The summed E-state index contributed by atoms with van der Waals surface area (Å²) >= 11 is 5.87. The first kappa shape index (κ1) is 24.9. The van der Waals surface area contributed by atoms with E-state index in [-0.39, 0.29) is 27.5 Å². The summed E-state index contributed by atoms with van der Waals surface area (Å²) in [6, 6.07) is 12.0. The van der Waals surface area contributed by atoms with Gasteiger partial charge in [-0.2, -0.15) is 0 Å². The standard InChI is InChI=1S/C23H20ClN3O6S/c1-32-20-14-21(33-2)22(34(30,31)27-26-23(29)16-9-11-25-12-10-16)13-18(20)19(28)8-5-15-3-6-17(24)7-4-15/h3-14,27H,1-2H3,(H,26,29)/b8-5+. The molecule has 0 radical (unpaired) electrons. The smallest absolute Gasteiger partial charge is 0.266 e. The lowest BCUT2D eigenvalue weighted by Crippen LogP contribution is -2.41. The lowest BCUT2D eigenvalue weighted by Gasteiger charge is -2.15. The predicted octanol–water partition coefficient (Wildman–Crippen LogP) is 3.27. The number of ether oxygens (including phenoxy) is 2. The number of allylic oxidation sites excluding steroid dienone is 1. The number of halogens is 1. The molecule has 34 heavy (non-hydrogen) atoms. The van der Waals surface area contributed by atoms with Gasteiger partial charge in [0.05, 0.1) is 19.8 Å². The fraction of sp³-hybridized carbons (Fsp3) is 0.0870. The van der Waals surface area contributed by atoms with E-state index in [9.17, 15) is 18.0 Å². The minimum absolute atomic E-state index is 0.0191. The number of pyridine rings is 1. The molecule has 0 fully saturated rings. The summed E-state index contributed by atoms with van der Waals surface area (Å²) in [5, 5.41) is 0.554. The minimum atomic E-state index is -4.33. The maximum Gasteiger partial charge on any atom is 0.266 e. The zero-order chi connectivity index (χ0) is 24.7. The second kappa shape index (κ2) is 10.9. The zero-order valence-corrected chi connectivity index (χ0v) is 19.7. The number of methoxy groups -OCH3 is 2. The van der Waals surface area contributed by atoms with E-state index in [4.69, 9.17) is 21.1 Å². The molecule has 1 amide bonds. The van der Waals surface area contributed by atoms with Crippen molar-refractivity contribution in [3.8, 4) is 11.5 Å². The number of sulfonamides is 1. The Kier molecular flexibility index (Phi) is 8.00. The van der Waals surface area contributed by atoms with Crippen LogP contribution in [0.3, 0.4) is 0 Å². The van der Waals surface area contributed by atoms with Gasteiger partial charge in [0, 0.05) is 29.0 Å². The molecule has 0 spiro atoms.